The molecule has 3 nitrogen and oxygen atoms in total. The van der Waals surface area contributed by atoms with Gasteiger partial charge in [-0.25, -0.2) is 9.07 Å². The molecule has 3 aromatic rings. The van der Waals surface area contributed by atoms with E-state index in [1.165, 1.54) is 12.1 Å². The predicted octanol–water partition coefficient (Wildman–Crippen LogP) is 4.38. The zero-order valence-corrected chi connectivity index (χ0v) is 11.6. The Balaban J connectivity index is 2.15. The van der Waals surface area contributed by atoms with Crippen molar-refractivity contribution in [1.29, 1.82) is 0 Å². The van der Waals surface area contributed by atoms with Gasteiger partial charge >= 0.3 is 0 Å². The first-order valence-corrected chi connectivity index (χ1v) is 6.53. The van der Waals surface area contributed by atoms with Crippen LogP contribution in [0.4, 0.5) is 4.39 Å². The van der Waals surface area contributed by atoms with Crippen molar-refractivity contribution in [1.82, 2.24) is 14.8 Å². The van der Waals surface area contributed by atoms with Gasteiger partial charge in [-0.2, -0.15) is 4.98 Å². The molecule has 0 spiro atoms. The van der Waals surface area contributed by atoms with Crippen molar-refractivity contribution in [3.8, 4) is 17.1 Å². The molecule has 6 heteroatoms. The maximum absolute atomic E-state index is 13.0. The van der Waals surface area contributed by atoms with E-state index < -0.39 is 0 Å². The summed E-state index contributed by atoms with van der Waals surface area (Å²) in [5.74, 6) is 0.230. The summed E-state index contributed by atoms with van der Waals surface area (Å²) in [7, 11) is 0. The molecule has 3 rings (SSSR count). The largest absolute Gasteiger partial charge is 0.243 e. The summed E-state index contributed by atoms with van der Waals surface area (Å²) in [5.41, 5.74) is 1.45. The number of benzene rings is 2. The van der Waals surface area contributed by atoms with Gasteiger partial charge in [0, 0.05) is 10.6 Å². The van der Waals surface area contributed by atoms with Crippen molar-refractivity contribution in [2.45, 2.75) is 0 Å². The molecule has 20 heavy (non-hydrogen) atoms. The Morgan fingerprint density at radius 2 is 1.75 bits per heavy atom. The molecule has 0 bridgehead atoms. The summed E-state index contributed by atoms with van der Waals surface area (Å²) < 4.78 is 14.5. The second kappa shape index (κ2) is 5.23. The van der Waals surface area contributed by atoms with Crippen LogP contribution in [0.15, 0.2) is 48.5 Å². The molecule has 0 aliphatic heterocycles. The van der Waals surface area contributed by atoms with Crippen LogP contribution in [-0.2, 0) is 0 Å². The van der Waals surface area contributed by atoms with E-state index in [0.29, 0.717) is 16.5 Å². The van der Waals surface area contributed by atoms with Gasteiger partial charge in [0.2, 0.25) is 5.28 Å². The van der Waals surface area contributed by atoms with E-state index in [9.17, 15) is 4.39 Å². The third-order valence-corrected chi connectivity index (χ3v) is 3.13. The predicted molar refractivity (Wildman–Crippen MR) is 76.8 cm³/mol. The van der Waals surface area contributed by atoms with Crippen molar-refractivity contribution >= 4 is 23.2 Å². The third-order valence-electron chi connectivity index (χ3n) is 2.74. The lowest BCUT2D eigenvalue weighted by molar-refractivity contribution is 0.627. The fraction of sp³-hybridized carbons (Fsp3) is 0. The van der Waals surface area contributed by atoms with E-state index in [2.05, 4.69) is 10.1 Å². The Kier molecular flexibility index (Phi) is 3.42. The van der Waals surface area contributed by atoms with E-state index in [0.717, 1.165) is 5.56 Å². The number of nitrogens with zero attached hydrogens (tertiary/aromatic N) is 3. The molecule has 100 valence electrons. The van der Waals surface area contributed by atoms with Crippen LogP contribution in [0.3, 0.4) is 0 Å². The molecule has 0 radical (unpaired) electrons. The molecule has 0 saturated heterocycles. The van der Waals surface area contributed by atoms with Gasteiger partial charge < -0.3 is 0 Å². The fourth-order valence-electron chi connectivity index (χ4n) is 1.86. The molecule has 0 aliphatic carbocycles. The number of aromatic nitrogens is 3. The van der Waals surface area contributed by atoms with Gasteiger partial charge in [0.15, 0.2) is 5.82 Å². The van der Waals surface area contributed by atoms with Gasteiger partial charge in [-0.05, 0) is 48.0 Å². The molecule has 0 atom stereocenters. The van der Waals surface area contributed by atoms with Crippen molar-refractivity contribution in [2.75, 3.05) is 0 Å². The number of halogens is 3. The third kappa shape index (κ3) is 2.53. The maximum atomic E-state index is 13.0. The summed E-state index contributed by atoms with van der Waals surface area (Å²) in [6.45, 7) is 0. The zero-order chi connectivity index (χ0) is 14.1. The van der Waals surface area contributed by atoms with E-state index >= 15 is 0 Å². The topological polar surface area (TPSA) is 30.7 Å². The molecule has 0 saturated carbocycles. The summed E-state index contributed by atoms with van der Waals surface area (Å²) in [5, 5.41) is 4.83. The molecule has 2 aromatic carbocycles. The Bertz CT molecular complexity index is 753. The Morgan fingerprint density at radius 1 is 1.00 bits per heavy atom. The van der Waals surface area contributed by atoms with Crippen molar-refractivity contribution < 1.29 is 4.39 Å². The van der Waals surface area contributed by atoms with Crippen LogP contribution < -0.4 is 0 Å². The second-order valence-corrected chi connectivity index (χ2v) is 4.88. The first-order valence-electron chi connectivity index (χ1n) is 5.78. The van der Waals surface area contributed by atoms with Crippen LogP contribution in [-0.4, -0.2) is 14.8 Å². The van der Waals surface area contributed by atoms with Gasteiger partial charge in [-0.1, -0.05) is 23.7 Å². The summed E-state index contributed by atoms with van der Waals surface area (Å²) >= 11 is 11.9. The Morgan fingerprint density at radius 3 is 2.45 bits per heavy atom. The van der Waals surface area contributed by atoms with Crippen molar-refractivity contribution in [3.05, 3.63) is 64.7 Å². The van der Waals surface area contributed by atoms with E-state index in [1.54, 1.807) is 28.9 Å². The average molecular weight is 308 g/mol. The SMILES string of the molecule is Fc1ccc(-n2nc(Cl)nc2-c2cccc(Cl)c2)cc1. The quantitative estimate of drug-likeness (QED) is 0.703. The normalized spacial score (nSPS) is 10.8. The second-order valence-electron chi connectivity index (χ2n) is 4.10. The van der Waals surface area contributed by atoms with Crippen molar-refractivity contribution in [3.63, 3.8) is 0 Å². The minimum absolute atomic E-state index is 0.115. The minimum atomic E-state index is -0.315. The van der Waals surface area contributed by atoms with Gasteiger partial charge in [0.25, 0.3) is 0 Å². The summed E-state index contributed by atoms with van der Waals surface area (Å²) in [6, 6.07) is 13.1. The van der Waals surface area contributed by atoms with E-state index in [1.807, 2.05) is 12.1 Å². The summed E-state index contributed by atoms with van der Waals surface area (Å²) in [6.07, 6.45) is 0. The molecule has 1 aromatic heterocycles. The minimum Gasteiger partial charge on any atom is -0.212 e. The molecule has 0 fully saturated rings. The van der Waals surface area contributed by atoms with E-state index in [-0.39, 0.29) is 11.1 Å². The van der Waals surface area contributed by atoms with E-state index in [4.69, 9.17) is 23.2 Å². The molecule has 0 N–H and O–H groups in total. The van der Waals surface area contributed by atoms with Crippen LogP contribution >= 0.6 is 23.2 Å². The van der Waals surface area contributed by atoms with Crippen LogP contribution in [0, 0.1) is 5.82 Å². The lowest BCUT2D eigenvalue weighted by atomic mass is 10.2. The first kappa shape index (κ1) is 13.1. The highest BCUT2D eigenvalue weighted by Crippen LogP contribution is 2.25. The fourth-order valence-corrected chi connectivity index (χ4v) is 2.21. The molecule has 0 amide bonds. The highest BCUT2D eigenvalue weighted by Gasteiger charge is 2.12. The number of hydrogen-bond donors (Lipinski definition) is 0. The lowest BCUT2D eigenvalue weighted by Gasteiger charge is -2.06. The van der Waals surface area contributed by atoms with Crippen LogP contribution in [0.5, 0.6) is 0 Å². The van der Waals surface area contributed by atoms with Crippen molar-refractivity contribution in [2.24, 2.45) is 0 Å². The molecule has 0 aliphatic rings. The highest BCUT2D eigenvalue weighted by atomic mass is 35.5. The smallest absolute Gasteiger partial charge is 0.212 e. The maximum Gasteiger partial charge on any atom is 0.243 e. The average Bonchev–Trinajstić information content (AvgIpc) is 2.82. The van der Waals surface area contributed by atoms with Gasteiger partial charge in [-0.15, -0.1) is 5.10 Å². The van der Waals surface area contributed by atoms with Crippen LogP contribution in [0.25, 0.3) is 17.1 Å². The van der Waals surface area contributed by atoms with Crippen LogP contribution in [0.2, 0.25) is 10.3 Å². The Hall–Kier alpha value is -1.91. The van der Waals surface area contributed by atoms with Gasteiger partial charge in [0.1, 0.15) is 5.82 Å². The molecular weight excluding hydrogens is 300 g/mol. The monoisotopic (exact) mass is 307 g/mol. The first-order chi connectivity index (χ1) is 9.63. The Labute approximate surface area is 124 Å². The lowest BCUT2D eigenvalue weighted by Crippen LogP contribution is -1.99. The summed E-state index contributed by atoms with van der Waals surface area (Å²) in [4.78, 5) is 4.19. The number of hydrogen-bond acceptors (Lipinski definition) is 2. The molecular formula is C14H8Cl2FN3. The molecule has 0 unspecified atom stereocenters. The highest BCUT2D eigenvalue weighted by molar-refractivity contribution is 6.30. The van der Waals surface area contributed by atoms with Crippen LogP contribution in [0.1, 0.15) is 0 Å². The van der Waals surface area contributed by atoms with Gasteiger partial charge in [-0.3, -0.25) is 0 Å². The standard InChI is InChI=1S/C14H8Cl2FN3/c15-10-3-1-2-9(8-10)13-18-14(16)19-20(13)12-6-4-11(17)5-7-12/h1-8H. The number of rotatable bonds is 2. The molecule has 1 heterocycles. The van der Waals surface area contributed by atoms with Gasteiger partial charge in [0.05, 0.1) is 5.69 Å². The zero-order valence-electron chi connectivity index (χ0n) is 10.1.